The zero-order valence-corrected chi connectivity index (χ0v) is 18.6. The van der Waals surface area contributed by atoms with Gasteiger partial charge in [-0.05, 0) is 65.3 Å². The normalized spacial score (nSPS) is 11.0. The summed E-state index contributed by atoms with van der Waals surface area (Å²) in [5.41, 5.74) is 1.20. The lowest BCUT2D eigenvalue weighted by Gasteiger charge is -2.15. The van der Waals surface area contributed by atoms with Crippen LogP contribution in [0.1, 0.15) is 16.7 Å². The third kappa shape index (κ3) is 4.45. The van der Waals surface area contributed by atoms with E-state index in [9.17, 15) is 8.78 Å². The lowest BCUT2D eigenvalue weighted by Crippen LogP contribution is -2.07. The summed E-state index contributed by atoms with van der Waals surface area (Å²) in [6, 6.07) is 10.5. The first-order valence-corrected chi connectivity index (χ1v) is 11.3. The molecule has 2 aromatic carbocycles. The third-order valence-electron chi connectivity index (χ3n) is 4.85. The van der Waals surface area contributed by atoms with Crippen molar-refractivity contribution in [3.05, 3.63) is 88.7 Å². The molecule has 2 heterocycles. The van der Waals surface area contributed by atoms with Crippen molar-refractivity contribution in [3.63, 3.8) is 0 Å². The lowest BCUT2D eigenvalue weighted by atomic mass is 10.00. The molecule has 0 fully saturated rings. The van der Waals surface area contributed by atoms with Crippen LogP contribution in [0, 0.1) is 17.5 Å². The van der Waals surface area contributed by atoms with Crippen molar-refractivity contribution in [2.24, 2.45) is 0 Å². The van der Waals surface area contributed by atoms with Gasteiger partial charge in [-0.3, -0.25) is 4.72 Å². The third-order valence-corrected chi connectivity index (χ3v) is 6.25. The van der Waals surface area contributed by atoms with Gasteiger partial charge in [-0.2, -0.15) is 0 Å². The summed E-state index contributed by atoms with van der Waals surface area (Å²) in [6.45, 7) is 3.73. The highest BCUT2D eigenvalue weighted by Gasteiger charge is 2.20. The van der Waals surface area contributed by atoms with Gasteiger partial charge in [0.05, 0.1) is 5.69 Å². The number of benzene rings is 2. The fourth-order valence-corrected chi connectivity index (χ4v) is 4.41. The Morgan fingerprint density at radius 2 is 1.91 bits per heavy atom. The van der Waals surface area contributed by atoms with Crippen LogP contribution in [0.15, 0.2) is 54.6 Å². The van der Waals surface area contributed by atoms with Gasteiger partial charge in [0.2, 0.25) is 0 Å². The molecule has 0 unspecified atom stereocenters. The minimum Gasteiger partial charge on any atom is -0.353 e. The molecule has 0 saturated carbocycles. The van der Waals surface area contributed by atoms with Crippen LogP contribution < -0.4 is 14.8 Å². The number of fused-ring (bicyclic) bond motifs is 1. The summed E-state index contributed by atoms with van der Waals surface area (Å²) in [5, 5.41) is 5.94. The van der Waals surface area contributed by atoms with E-state index >= 15 is 4.39 Å². The molecule has 2 aromatic heterocycles. The SMILES string of the molecule is C=Cc1cc(Cc2ccnc(NSNC)c2F)c(F)c(F)c1Nc1ccc2sccc2c1. The summed E-state index contributed by atoms with van der Waals surface area (Å²) in [6.07, 6.45) is 2.71. The van der Waals surface area contributed by atoms with Crippen LogP contribution in [0.5, 0.6) is 0 Å². The molecule has 4 nitrogen and oxygen atoms in total. The number of hydrogen-bond acceptors (Lipinski definition) is 6. The Labute approximate surface area is 191 Å². The minimum absolute atomic E-state index is 0.00813. The molecular formula is C23H19F3N4S2. The fraction of sp³-hybridized carbons (Fsp3) is 0.0870. The Kier molecular flexibility index (Phi) is 6.69. The average Bonchev–Trinajstić information content (AvgIpc) is 3.27. The van der Waals surface area contributed by atoms with E-state index in [4.69, 9.17) is 0 Å². The maximum Gasteiger partial charge on any atom is 0.183 e. The van der Waals surface area contributed by atoms with E-state index in [1.165, 1.54) is 24.4 Å². The van der Waals surface area contributed by atoms with Crippen molar-refractivity contribution >= 4 is 56.8 Å². The van der Waals surface area contributed by atoms with Crippen molar-refractivity contribution in [3.8, 4) is 0 Å². The molecular weight excluding hydrogens is 453 g/mol. The molecule has 0 aliphatic carbocycles. The Morgan fingerprint density at radius 3 is 2.69 bits per heavy atom. The van der Waals surface area contributed by atoms with Crippen LogP contribution in [0.2, 0.25) is 0 Å². The second kappa shape index (κ2) is 9.64. The molecule has 3 N–H and O–H groups in total. The summed E-state index contributed by atoms with van der Waals surface area (Å²) < 4.78 is 51.4. The fourth-order valence-electron chi connectivity index (χ4n) is 3.30. The first-order valence-electron chi connectivity index (χ1n) is 9.61. The number of anilines is 3. The number of thiophene rings is 1. The number of nitrogens with one attached hydrogen (secondary N) is 3. The second-order valence-corrected chi connectivity index (χ2v) is 8.61. The molecule has 32 heavy (non-hydrogen) atoms. The molecule has 0 aliphatic heterocycles. The predicted octanol–water partition coefficient (Wildman–Crippen LogP) is 6.89. The molecule has 0 radical (unpaired) electrons. The highest BCUT2D eigenvalue weighted by molar-refractivity contribution is 7.98. The van der Waals surface area contributed by atoms with E-state index in [0.717, 1.165) is 22.2 Å². The quantitative estimate of drug-likeness (QED) is 0.244. The second-order valence-electron chi connectivity index (χ2n) is 6.85. The summed E-state index contributed by atoms with van der Waals surface area (Å²) in [5.74, 6) is -2.69. The monoisotopic (exact) mass is 472 g/mol. The van der Waals surface area contributed by atoms with Crippen molar-refractivity contribution in [2.45, 2.75) is 6.42 Å². The highest BCUT2D eigenvalue weighted by atomic mass is 32.2. The molecule has 0 amide bonds. The number of hydrogen-bond donors (Lipinski definition) is 3. The van der Waals surface area contributed by atoms with Crippen molar-refractivity contribution < 1.29 is 13.2 Å². The zero-order chi connectivity index (χ0) is 22.7. The van der Waals surface area contributed by atoms with Gasteiger partial charge in [-0.15, -0.1) is 11.3 Å². The van der Waals surface area contributed by atoms with Gasteiger partial charge < -0.3 is 5.32 Å². The standard InChI is InChI=1S/C23H19F3N4S2/c1-3-13-10-16(11-15-6-8-28-23(20(15)25)30-32-27-2)19(24)21(26)22(13)29-17-4-5-18-14(12-17)7-9-31-18/h3-10,12,27,29H,1,11H2,2H3,(H,28,30). The molecule has 0 spiro atoms. The minimum atomic E-state index is -1.04. The van der Waals surface area contributed by atoms with Gasteiger partial charge >= 0.3 is 0 Å². The molecule has 4 aromatic rings. The van der Waals surface area contributed by atoms with Gasteiger partial charge in [0, 0.05) is 40.7 Å². The zero-order valence-electron chi connectivity index (χ0n) is 17.0. The van der Waals surface area contributed by atoms with E-state index in [2.05, 4.69) is 26.3 Å². The molecule has 0 bridgehead atoms. The number of halogens is 3. The van der Waals surface area contributed by atoms with Gasteiger partial charge in [-0.1, -0.05) is 12.7 Å². The van der Waals surface area contributed by atoms with Crippen LogP contribution >= 0.6 is 23.5 Å². The topological polar surface area (TPSA) is 49.0 Å². The number of nitrogens with zero attached hydrogens (tertiary/aromatic N) is 1. The largest absolute Gasteiger partial charge is 0.353 e. The van der Waals surface area contributed by atoms with E-state index < -0.39 is 17.5 Å². The first kappa shape index (κ1) is 22.2. The maximum atomic E-state index is 15.1. The summed E-state index contributed by atoms with van der Waals surface area (Å²) in [7, 11) is 1.67. The van der Waals surface area contributed by atoms with Crippen LogP contribution in [-0.4, -0.2) is 12.0 Å². The first-order chi connectivity index (χ1) is 15.5. The molecule has 0 aliphatic rings. The van der Waals surface area contributed by atoms with Crippen LogP contribution in [0.3, 0.4) is 0 Å². The summed E-state index contributed by atoms with van der Waals surface area (Å²) in [4.78, 5) is 3.93. The Balaban J connectivity index is 1.67. The number of rotatable bonds is 8. The average molecular weight is 473 g/mol. The van der Waals surface area contributed by atoms with Gasteiger partial charge in [0.25, 0.3) is 0 Å². The lowest BCUT2D eigenvalue weighted by molar-refractivity contribution is 0.502. The van der Waals surface area contributed by atoms with Crippen LogP contribution in [-0.2, 0) is 6.42 Å². The van der Waals surface area contributed by atoms with Gasteiger partial charge in [0.15, 0.2) is 23.3 Å². The van der Waals surface area contributed by atoms with Crippen molar-refractivity contribution in [2.75, 3.05) is 17.1 Å². The molecule has 9 heteroatoms. The molecule has 0 saturated heterocycles. The smallest absolute Gasteiger partial charge is 0.183 e. The maximum absolute atomic E-state index is 15.1. The Morgan fingerprint density at radius 1 is 1.06 bits per heavy atom. The van der Waals surface area contributed by atoms with Crippen LogP contribution in [0.25, 0.3) is 16.2 Å². The van der Waals surface area contributed by atoms with E-state index in [0.29, 0.717) is 11.3 Å². The van der Waals surface area contributed by atoms with E-state index in [-0.39, 0.29) is 29.1 Å². The van der Waals surface area contributed by atoms with E-state index in [1.807, 2.05) is 23.6 Å². The molecule has 4 rings (SSSR count). The van der Waals surface area contributed by atoms with Crippen LogP contribution in [0.4, 0.5) is 30.4 Å². The molecule has 0 atom stereocenters. The summed E-state index contributed by atoms with van der Waals surface area (Å²) >= 11 is 2.65. The van der Waals surface area contributed by atoms with Crippen molar-refractivity contribution in [1.29, 1.82) is 0 Å². The Hall–Kier alpha value is -3.01. The van der Waals surface area contributed by atoms with E-state index in [1.54, 1.807) is 24.5 Å². The Bertz CT molecular complexity index is 1290. The molecule has 164 valence electrons. The van der Waals surface area contributed by atoms with Crippen molar-refractivity contribution in [1.82, 2.24) is 9.71 Å². The van der Waals surface area contributed by atoms with Gasteiger partial charge in [0.1, 0.15) is 0 Å². The predicted molar refractivity (Wildman–Crippen MR) is 129 cm³/mol. The number of pyridine rings is 1. The highest BCUT2D eigenvalue weighted by Crippen LogP contribution is 2.33. The van der Waals surface area contributed by atoms with Gasteiger partial charge in [-0.25, -0.2) is 22.9 Å². The number of aromatic nitrogens is 1.